The minimum absolute atomic E-state index is 0.170. The predicted octanol–water partition coefficient (Wildman–Crippen LogP) is 2.91. The molecule has 0 bridgehead atoms. The SMILES string of the molecule is CCOC(=O)c1ccccc1Nc1ccncc1[N+](=O)[O-]. The molecular formula is C14H13N3O4. The Morgan fingerprint density at radius 1 is 1.33 bits per heavy atom. The number of rotatable bonds is 5. The van der Waals surface area contributed by atoms with Crippen LogP contribution in [-0.4, -0.2) is 22.5 Å². The summed E-state index contributed by atoms with van der Waals surface area (Å²) in [5, 5.41) is 13.8. The number of aromatic nitrogens is 1. The molecule has 7 heteroatoms. The molecule has 0 saturated carbocycles. The van der Waals surface area contributed by atoms with Crippen LogP contribution in [0.25, 0.3) is 0 Å². The maximum absolute atomic E-state index is 11.9. The molecule has 0 spiro atoms. The molecule has 0 aliphatic carbocycles. The van der Waals surface area contributed by atoms with Gasteiger partial charge >= 0.3 is 11.7 Å². The second kappa shape index (κ2) is 6.47. The van der Waals surface area contributed by atoms with Crippen LogP contribution >= 0.6 is 0 Å². The lowest BCUT2D eigenvalue weighted by Crippen LogP contribution is -2.08. The van der Waals surface area contributed by atoms with Crippen LogP contribution in [0.2, 0.25) is 0 Å². The topological polar surface area (TPSA) is 94.4 Å². The largest absolute Gasteiger partial charge is 0.462 e. The minimum atomic E-state index is -0.539. The molecule has 108 valence electrons. The van der Waals surface area contributed by atoms with Gasteiger partial charge in [0.1, 0.15) is 11.9 Å². The standard InChI is InChI=1S/C14H13N3O4/c1-2-21-14(18)10-5-3-4-6-11(10)16-12-7-8-15-9-13(12)17(19)20/h3-9H,2H2,1H3,(H,15,16). The Morgan fingerprint density at radius 3 is 2.81 bits per heavy atom. The first kappa shape index (κ1) is 14.4. The molecular weight excluding hydrogens is 274 g/mol. The molecule has 1 heterocycles. The zero-order valence-corrected chi connectivity index (χ0v) is 11.3. The normalized spacial score (nSPS) is 9.95. The number of carbonyl (C=O) groups is 1. The van der Waals surface area contributed by atoms with Crippen LogP contribution in [0.15, 0.2) is 42.7 Å². The summed E-state index contributed by atoms with van der Waals surface area (Å²) in [6.07, 6.45) is 2.58. The van der Waals surface area contributed by atoms with Crippen molar-refractivity contribution in [3.8, 4) is 0 Å². The first-order valence-corrected chi connectivity index (χ1v) is 6.25. The van der Waals surface area contributed by atoms with Gasteiger partial charge in [0.15, 0.2) is 0 Å². The van der Waals surface area contributed by atoms with Gasteiger partial charge in [-0.25, -0.2) is 4.79 Å². The molecule has 1 aromatic heterocycles. The number of nitrogens with one attached hydrogen (secondary N) is 1. The third-order valence-corrected chi connectivity index (χ3v) is 2.69. The highest BCUT2D eigenvalue weighted by atomic mass is 16.6. The molecule has 0 atom stereocenters. The van der Waals surface area contributed by atoms with Gasteiger partial charge in [-0.05, 0) is 25.1 Å². The summed E-state index contributed by atoms with van der Waals surface area (Å²) in [4.78, 5) is 26.0. The number of hydrogen-bond donors (Lipinski definition) is 1. The zero-order chi connectivity index (χ0) is 15.2. The highest BCUT2D eigenvalue weighted by molar-refractivity contribution is 5.96. The predicted molar refractivity (Wildman–Crippen MR) is 76.6 cm³/mol. The lowest BCUT2D eigenvalue weighted by atomic mass is 10.1. The van der Waals surface area contributed by atoms with Crippen molar-refractivity contribution >= 4 is 23.0 Å². The van der Waals surface area contributed by atoms with E-state index in [2.05, 4.69) is 10.3 Å². The van der Waals surface area contributed by atoms with Crippen molar-refractivity contribution in [3.05, 3.63) is 58.4 Å². The van der Waals surface area contributed by atoms with Crippen LogP contribution in [0, 0.1) is 10.1 Å². The molecule has 0 unspecified atom stereocenters. The Balaban J connectivity index is 2.37. The van der Waals surface area contributed by atoms with Crippen molar-refractivity contribution in [3.63, 3.8) is 0 Å². The van der Waals surface area contributed by atoms with E-state index in [9.17, 15) is 14.9 Å². The number of anilines is 2. The van der Waals surface area contributed by atoms with E-state index < -0.39 is 10.9 Å². The fourth-order valence-corrected chi connectivity index (χ4v) is 1.76. The molecule has 2 rings (SSSR count). The van der Waals surface area contributed by atoms with Crippen molar-refractivity contribution in [2.75, 3.05) is 11.9 Å². The average Bonchev–Trinajstić information content (AvgIpc) is 2.48. The number of para-hydroxylation sites is 1. The van der Waals surface area contributed by atoms with E-state index in [-0.39, 0.29) is 18.0 Å². The molecule has 21 heavy (non-hydrogen) atoms. The Bertz CT molecular complexity index is 673. The van der Waals surface area contributed by atoms with Crippen molar-refractivity contribution < 1.29 is 14.5 Å². The highest BCUT2D eigenvalue weighted by Gasteiger charge is 2.17. The van der Waals surface area contributed by atoms with Crippen LogP contribution in [0.5, 0.6) is 0 Å². The zero-order valence-electron chi connectivity index (χ0n) is 11.3. The monoisotopic (exact) mass is 287 g/mol. The van der Waals surface area contributed by atoms with Gasteiger partial charge in [-0.3, -0.25) is 15.1 Å². The lowest BCUT2D eigenvalue weighted by Gasteiger charge is -2.11. The number of hydrogen-bond acceptors (Lipinski definition) is 6. The number of nitro groups is 1. The molecule has 2 aromatic rings. The maximum atomic E-state index is 11.9. The van der Waals surface area contributed by atoms with Crippen LogP contribution in [0.3, 0.4) is 0 Å². The molecule has 1 N–H and O–H groups in total. The Morgan fingerprint density at radius 2 is 2.10 bits per heavy atom. The van der Waals surface area contributed by atoms with Crippen LogP contribution in [-0.2, 0) is 4.74 Å². The Kier molecular flexibility index (Phi) is 4.45. The summed E-state index contributed by atoms with van der Waals surface area (Å²) in [6, 6.07) is 8.13. The number of carbonyl (C=O) groups excluding carboxylic acids is 1. The van der Waals surface area contributed by atoms with E-state index >= 15 is 0 Å². The van der Waals surface area contributed by atoms with E-state index in [1.807, 2.05) is 0 Å². The third kappa shape index (κ3) is 3.33. The third-order valence-electron chi connectivity index (χ3n) is 2.69. The number of pyridine rings is 1. The summed E-state index contributed by atoms with van der Waals surface area (Å²) in [7, 11) is 0. The first-order valence-electron chi connectivity index (χ1n) is 6.25. The van der Waals surface area contributed by atoms with Gasteiger partial charge in [0.2, 0.25) is 0 Å². The molecule has 0 aliphatic rings. The summed E-state index contributed by atoms with van der Waals surface area (Å²) < 4.78 is 4.96. The van der Waals surface area contributed by atoms with Gasteiger partial charge in [-0.15, -0.1) is 0 Å². The van der Waals surface area contributed by atoms with E-state index in [1.54, 1.807) is 31.2 Å². The second-order valence-corrected chi connectivity index (χ2v) is 4.04. The summed E-state index contributed by atoms with van der Waals surface area (Å²) >= 11 is 0. The van der Waals surface area contributed by atoms with E-state index in [4.69, 9.17) is 4.74 Å². The Hall–Kier alpha value is -2.96. The van der Waals surface area contributed by atoms with Crippen molar-refractivity contribution in [1.29, 1.82) is 0 Å². The molecule has 0 amide bonds. The fraction of sp³-hybridized carbons (Fsp3) is 0.143. The van der Waals surface area contributed by atoms with E-state index in [0.29, 0.717) is 11.3 Å². The first-order chi connectivity index (χ1) is 10.1. The molecule has 0 aliphatic heterocycles. The number of benzene rings is 1. The number of ether oxygens (including phenoxy) is 1. The molecule has 0 fully saturated rings. The average molecular weight is 287 g/mol. The lowest BCUT2D eigenvalue weighted by molar-refractivity contribution is -0.384. The molecule has 0 saturated heterocycles. The number of nitrogens with zero attached hydrogens (tertiary/aromatic N) is 2. The Labute approximate surface area is 120 Å². The smallest absolute Gasteiger partial charge is 0.340 e. The van der Waals surface area contributed by atoms with Gasteiger partial charge in [-0.2, -0.15) is 0 Å². The van der Waals surface area contributed by atoms with E-state index in [0.717, 1.165) is 6.20 Å². The van der Waals surface area contributed by atoms with Crippen molar-refractivity contribution in [1.82, 2.24) is 4.98 Å². The minimum Gasteiger partial charge on any atom is -0.462 e. The van der Waals surface area contributed by atoms with E-state index in [1.165, 1.54) is 12.3 Å². The second-order valence-electron chi connectivity index (χ2n) is 4.04. The maximum Gasteiger partial charge on any atom is 0.340 e. The van der Waals surface area contributed by atoms with Gasteiger partial charge in [0.05, 0.1) is 22.8 Å². The van der Waals surface area contributed by atoms with Crippen molar-refractivity contribution in [2.45, 2.75) is 6.92 Å². The quantitative estimate of drug-likeness (QED) is 0.516. The summed E-state index contributed by atoms with van der Waals surface area (Å²) in [5.41, 5.74) is 0.832. The van der Waals surface area contributed by atoms with Gasteiger partial charge in [-0.1, -0.05) is 12.1 Å². The fourth-order valence-electron chi connectivity index (χ4n) is 1.76. The van der Waals surface area contributed by atoms with Gasteiger partial charge in [0, 0.05) is 6.20 Å². The molecule has 1 aromatic carbocycles. The summed E-state index contributed by atoms with van der Waals surface area (Å²) in [5.74, 6) is -0.489. The van der Waals surface area contributed by atoms with Crippen LogP contribution in [0.4, 0.5) is 17.1 Å². The molecule has 0 radical (unpaired) electrons. The van der Waals surface area contributed by atoms with Crippen LogP contribution in [0.1, 0.15) is 17.3 Å². The van der Waals surface area contributed by atoms with Crippen molar-refractivity contribution in [2.24, 2.45) is 0 Å². The number of esters is 1. The van der Waals surface area contributed by atoms with Gasteiger partial charge < -0.3 is 10.1 Å². The summed E-state index contributed by atoms with van der Waals surface area (Å²) in [6.45, 7) is 1.96. The molecule has 7 nitrogen and oxygen atoms in total. The van der Waals surface area contributed by atoms with Gasteiger partial charge in [0.25, 0.3) is 0 Å². The highest BCUT2D eigenvalue weighted by Crippen LogP contribution is 2.28. The van der Waals surface area contributed by atoms with Crippen LogP contribution < -0.4 is 5.32 Å².